The molecule has 0 spiro atoms. The van der Waals surface area contributed by atoms with Gasteiger partial charge in [0.15, 0.2) is 0 Å². The van der Waals surface area contributed by atoms with E-state index in [-0.39, 0.29) is 49.4 Å². The minimum absolute atomic E-state index is 0. The van der Waals surface area contributed by atoms with Gasteiger partial charge in [-0.2, -0.15) is 0 Å². The zero-order valence-electron chi connectivity index (χ0n) is 29.9. The molecule has 0 unspecified atom stereocenters. The number of hydrogen-bond acceptors (Lipinski definition) is 7. The number of nitrogens with zero attached hydrogens (tertiary/aromatic N) is 2. The molecule has 2 fully saturated rings. The van der Waals surface area contributed by atoms with Gasteiger partial charge in [0.25, 0.3) is 0 Å². The molecule has 2 aliphatic heterocycles. The van der Waals surface area contributed by atoms with Crippen molar-refractivity contribution in [3.63, 3.8) is 0 Å². The fraction of sp³-hybridized carbons (Fsp3) is 0.590. The third-order valence-corrected chi connectivity index (χ3v) is 8.63. The second-order valence-electron chi connectivity index (χ2n) is 15.3. The molecule has 11 heteroatoms. The van der Waals surface area contributed by atoms with Crippen molar-refractivity contribution in [2.45, 2.75) is 124 Å². The molecule has 2 atom stereocenters. The Bertz CT molecular complexity index is 1470. The summed E-state index contributed by atoms with van der Waals surface area (Å²) in [7, 11) is 0. The summed E-state index contributed by atoms with van der Waals surface area (Å²) in [6.07, 6.45) is 4.70. The molecule has 0 bridgehead atoms. The number of nitrogens with one attached hydrogen (secondary N) is 1. The number of carboxylic acids is 1. The Morgan fingerprint density at radius 1 is 0.720 bits per heavy atom. The highest BCUT2D eigenvalue weighted by Crippen LogP contribution is 2.30. The first-order valence-corrected chi connectivity index (χ1v) is 17.4. The summed E-state index contributed by atoms with van der Waals surface area (Å²) >= 11 is 0. The quantitative estimate of drug-likeness (QED) is 0.330. The maximum Gasteiger partial charge on any atom is 0.410 e. The van der Waals surface area contributed by atoms with E-state index in [9.17, 15) is 19.2 Å². The zero-order valence-corrected chi connectivity index (χ0v) is 29.9. The van der Waals surface area contributed by atoms with Crippen LogP contribution in [-0.4, -0.2) is 75.3 Å². The summed E-state index contributed by atoms with van der Waals surface area (Å²) in [6, 6.07) is 16.3. The van der Waals surface area contributed by atoms with Crippen LogP contribution < -0.4 is 11.1 Å². The Kier molecular flexibility index (Phi) is 13.9. The largest absolute Gasteiger partial charge is 0.481 e. The van der Waals surface area contributed by atoms with E-state index in [1.807, 2.05) is 71.9 Å². The van der Waals surface area contributed by atoms with E-state index in [0.29, 0.717) is 26.2 Å². The van der Waals surface area contributed by atoms with Crippen LogP contribution in [0.1, 0.15) is 96.9 Å². The standard InChI is InChI=1S/C19H26N2O3.C15H22N2O2.C4H6O2.CH4/c1-19(2,3)24-18(23)21-12-15-7-5-4-6-14(15)10-16(21)11-20-17(22)13-8-9-13;1-15(2,3)19-14(18)17-10-12-7-5-4-6-11(12)8-13(17)9-16;5-4(6)3-1-2-3;/h4-7,13,16H,8-12H2,1-3H3,(H,20,22);4-7,13H,8-10,16H2,1-3H3;3H,1-2H2,(H,5,6);1H4/t16-;13-;;/m00../s1. The molecule has 4 aliphatic rings. The Labute approximate surface area is 297 Å². The molecule has 6 rings (SSSR count). The number of nitrogens with two attached hydrogens (primary N) is 1. The zero-order chi connectivity index (χ0) is 35.9. The van der Waals surface area contributed by atoms with Crippen molar-refractivity contribution in [2.24, 2.45) is 17.6 Å². The Morgan fingerprint density at radius 2 is 1.12 bits per heavy atom. The van der Waals surface area contributed by atoms with Gasteiger partial charge in [-0.15, -0.1) is 0 Å². The summed E-state index contributed by atoms with van der Waals surface area (Å²) in [5.41, 5.74) is 9.63. The van der Waals surface area contributed by atoms with Gasteiger partial charge in [0, 0.05) is 32.1 Å². The number of carboxylic acid groups (broad SMARTS) is 1. The average Bonchev–Trinajstić information content (AvgIpc) is 3.95. The molecule has 2 aromatic carbocycles. The van der Waals surface area contributed by atoms with Crippen molar-refractivity contribution in [3.05, 3.63) is 70.8 Å². The van der Waals surface area contributed by atoms with Crippen LogP contribution in [0.4, 0.5) is 9.59 Å². The molecular formula is C39H58N4O7. The van der Waals surface area contributed by atoms with E-state index in [1.165, 1.54) is 16.7 Å². The molecule has 50 heavy (non-hydrogen) atoms. The van der Waals surface area contributed by atoms with Gasteiger partial charge in [-0.25, -0.2) is 9.59 Å². The smallest absolute Gasteiger partial charge is 0.410 e. The third-order valence-electron chi connectivity index (χ3n) is 8.63. The minimum atomic E-state index is -0.630. The normalized spacial score (nSPS) is 19.4. The van der Waals surface area contributed by atoms with Crippen LogP contribution in [0.25, 0.3) is 0 Å². The van der Waals surface area contributed by atoms with Crippen molar-refractivity contribution < 1.29 is 33.8 Å². The van der Waals surface area contributed by atoms with Crippen LogP contribution in [-0.2, 0) is 45.0 Å². The fourth-order valence-corrected chi connectivity index (χ4v) is 5.67. The van der Waals surface area contributed by atoms with Crippen LogP contribution in [0.5, 0.6) is 0 Å². The number of fused-ring (bicyclic) bond motifs is 2. The maximum absolute atomic E-state index is 12.6. The number of amides is 3. The predicted octanol–water partition coefficient (Wildman–Crippen LogP) is 6.30. The van der Waals surface area contributed by atoms with Crippen molar-refractivity contribution in [2.75, 3.05) is 13.1 Å². The average molecular weight is 695 g/mol. The Morgan fingerprint density at radius 3 is 1.48 bits per heavy atom. The molecule has 11 nitrogen and oxygen atoms in total. The summed E-state index contributed by atoms with van der Waals surface area (Å²) in [4.78, 5) is 50.1. The highest BCUT2D eigenvalue weighted by atomic mass is 16.6. The van der Waals surface area contributed by atoms with E-state index in [0.717, 1.165) is 44.1 Å². The van der Waals surface area contributed by atoms with Crippen LogP contribution in [0, 0.1) is 11.8 Å². The fourth-order valence-electron chi connectivity index (χ4n) is 5.67. The number of carbonyl (C=O) groups is 4. The lowest BCUT2D eigenvalue weighted by Gasteiger charge is -2.37. The van der Waals surface area contributed by atoms with Crippen molar-refractivity contribution >= 4 is 24.1 Å². The van der Waals surface area contributed by atoms with Gasteiger partial charge in [-0.05, 0) is 102 Å². The van der Waals surface area contributed by atoms with E-state index in [2.05, 4.69) is 23.5 Å². The highest BCUT2D eigenvalue weighted by Gasteiger charge is 2.35. The van der Waals surface area contributed by atoms with Gasteiger partial charge >= 0.3 is 18.2 Å². The van der Waals surface area contributed by atoms with Gasteiger partial charge in [-0.1, -0.05) is 56.0 Å². The van der Waals surface area contributed by atoms with Crippen LogP contribution >= 0.6 is 0 Å². The highest BCUT2D eigenvalue weighted by molar-refractivity contribution is 5.81. The number of aliphatic carboxylic acids is 1. The van der Waals surface area contributed by atoms with Gasteiger partial charge in [0.2, 0.25) is 5.91 Å². The van der Waals surface area contributed by atoms with Crippen molar-refractivity contribution in [1.82, 2.24) is 15.1 Å². The molecular weight excluding hydrogens is 636 g/mol. The van der Waals surface area contributed by atoms with Crippen molar-refractivity contribution in [1.29, 1.82) is 0 Å². The molecule has 4 N–H and O–H groups in total. The third kappa shape index (κ3) is 12.3. The number of carbonyl (C=O) groups excluding carboxylic acids is 3. The van der Waals surface area contributed by atoms with E-state index < -0.39 is 17.2 Å². The molecule has 0 saturated heterocycles. The van der Waals surface area contributed by atoms with Gasteiger partial charge < -0.3 is 25.6 Å². The minimum Gasteiger partial charge on any atom is -0.481 e. The second-order valence-corrected chi connectivity index (χ2v) is 15.3. The SMILES string of the molecule is C.CC(C)(C)OC(=O)N1Cc2ccccc2C[C@H]1CN.CC(C)(C)OC(=O)N1Cc2ccccc2C[C@H]1CNC(=O)C1CC1.O=C(O)C1CC1. The Hall–Kier alpha value is -4.12. The second kappa shape index (κ2) is 17.2. The first kappa shape index (κ1) is 40.3. The van der Waals surface area contributed by atoms with E-state index in [4.69, 9.17) is 20.3 Å². The lowest BCUT2D eigenvalue weighted by atomic mass is 9.94. The lowest BCUT2D eigenvalue weighted by Crippen LogP contribution is -2.51. The first-order valence-electron chi connectivity index (χ1n) is 17.4. The van der Waals surface area contributed by atoms with Gasteiger partial charge in [-0.3, -0.25) is 19.4 Å². The monoisotopic (exact) mass is 694 g/mol. The van der Waals surface area contributed by atoms with Crippen molar-refractivity contribution in [3.8, 4) is 0 Å². The summed E-state index contributed by atoms with van der Waals surface area (Å²) in [5.74, 6) is -0.325. The topological polar surface area (TPSA) is 152 Å². The summed E-state index contributed by atoms with van der Waals surface area (Å²) < 4.78 is 11.0. The predicted molar refractivity (Wildman–Crippen MR) is 193 cm³/mol. The van der Waals surface area contributed by atoms with E-state index in [1.54, 1.807) is 9.80 Å². The lowest BCUT2D eigenvalue weighted by molar-refractivity contribution is -0.138. The molecule has 3 amide bonds. The molecule has 2 aliphatic carbocycles. The number of ether oxygens (including phenoxy) is 2. The maximum atomic E-state index is 12.6. The molecule has 2 heterocycles. The van der Waals surface area contributed by atoms with Crippen LogP contribution in [0.15, 0.2) is 48.5 Å². The van der Waals surface area contributed by atoms with Crippen LogP contribution in [0.2, 0.25) is 0 Å². The molecule has 2 aromatic rings. The van der Waals surface area contributed by atoms with Gasteiger partial charge in [0.1, 0.15) is 11.2 Å². The molecule has 276 valence electrons. The number of rotatable bonds is 5. The van der Waals surface area contributed by atoms with Crippen LogP contribution in [0.3, 0.4) is 0 Å². The molecule has 0 radical (unpaired) electrons. The number of hydrogen-bond donors (Lipinski definition) is 3. The summed E-state index contributed by atoms with van der Waals surface area (Å²) in [5, 5.41) is 11.1. The van der Waals surface area contributed by atoms with E-state index >= 15 is 0 Å². The molecule has 2 saturated carbocycles. The van der Waals surface area contributed by atoms with Gasteiger partial charge in [0.05, 0.1) is 18.0 Å². The summed E-state index contributed by atoms with van der Waals surface area (Å²) in [6.45, 7) is 13.3. The number of benzene rings is 2. The Balaban J connectivity index is 0.000000232. The first-order chi connectivity index (χ1) is 23.0. The molecule has 0 aromatic heterocycles.